The Morgan fingerprint density at radius 3 is 2.77 bits per heavy atom. The molecule has 2 heterocycles. The van der Waals surface area contributed by atoms with Crippen molar-refractivity contribution in [3.05, 3.63) is 0 Å². The smallest absolute Gasteiger partial charge is 0.249 e. The second-order valence-electron chi connectivity index (χ2n) is 7.45. The molecule has 3 N–H and O–H groups in total. The van der Waals surface area contributed by atoms with Crippen LogP contribution in [-0.4, -0.2) is 54.7 Å². The highest BCUT2D eigenvalue weighted by Crippen LogP contribution is 2.25. The predicted molar refractivity (Wildman–Crippen MR) is 88.6 cm³/mol. The molecule has 5 nitrogen and oxygen atoms in total. The second kappa shape index (κ2) is 7.75. The van der Waals surface area contributed by atoms with Crippen LogP contribution in [0.2, 0.25) is 0 Å². The third kappa shape index (κ3) is 4.43. The van der Waals surface area contributed by atoms with Gasteiger partial charge in [0, 0.05) is 25.2 Å². The van der Waals surface area contributed by atoms with E-state index in [0.29, 0.717) is 13.1 Å². The first-order valence-corrected chi connectivity index (χ1v) is 8.84. The van der Waals surface area contributed by atoms with Crippen LogP contribution >= 0.6 is 0 Å². The molecule has 3 atom stereocenters. The number of carbonyl (C=O) groups is 1. The molecule has 5 heteroatoms. The van der Waals surface area contributed by atoms with Crippen molar-refractivity contribution in [1.82, 2.24) is 10.2 Å². The zero-order valence-electron chi connectivity index (χ0n) is 14.4. The molecular weight excluding hydrogens is 278 g/mol. The average Bonchev–Trinajstić information content (AvgIpc) is 3.02. The maximum atomic E-state index is 12.3. The lowest BCUT2D eigenvalue weighted by Gasteiger charge is -2.43. The normalized spacial score (nSPS) is 30.5. The summed E-state index contributed by atoms with van der Waals surface area (Å²) in [5.41, 5.74) is 5.60. The van der Waals surface area contributed by atoms with Crippen LogP contribution in [0.25, 0.3) is 0 Å². The minimum absolute atomic E-state index is 0.00459. The van der Waals surface area contributed by atoms with Gasteiger partial charge in [0.15, 0.2) is 0 Å². The predicted octanol–water partition coefficient (Wildman–Crippen LogP) is 1.51. The lowest BCUT2D eigenvalue weighted by molar-refractivity contribution is -0.132. The Kier molecular flexibility index (Phi) is 6.24. The molecule has 22 heavy (non-hydrogen) atoms. The summed E-state index contributed by atoms with van der Waals surface area (Å²) in [6, 6.07) is 0. The maximum absolute atomic E-state index is 12.3. The third-order valence-corrected chi connectivity index (χ3v) is 5.31. The molecule has 128 valence electrons. The van der Waals surface area contributed by atoms with Crippen molar-refractivity contribution < 1.29 is 9.53 Å². The van der Waals surface area contributed by atoms with Gasteiger partial charge in [-0.05, 0) is 52.0 Å². The van der Waals surface area contributed by atoms with Gasteiger partial charge in [0.25, 0.3) is 0 Å². The monoisotopic (exact) mass is 311 g/mol. The first-order valence-electron chi connectivity index (χ1n) is 8.84. The van der Waals surface area contributed by atoms with Gasteiger partial charge in [-0.3, -0.25) is 9.69 Å². The van der Waals surface area contributed by atoms with E-state index >= 15 is 0 Å². The van der Waals surface area contributed by atoms with Crippen LogP contribution < -0.4 is 11.1 Å². The Morgan fingerprint density at radius 1 is 1.36 bits per heavy atom. The highest BCUT2D eigenvalue weighted by molar-refractivity contribution is 5.81. The van der Waals surface area contributed by atoms with E-state index in [1.54, 1.807) is 0 Å². The van der Waals surface area contributed by atoms with Crippen LogP contribution in [0.5, 0.6) is 0 Å². The summed E-state index contributed by atoms with van der Waals surface area (Å²) in [5, 5.41) is 3.09. The summed E-state index contributed by atoms with van der Waals surface area (Å²) in [4.78, 5) is 14.8. The van der Waals surface area contributed by atoms with E-state index in [9.17, 15) is 4.79 Å². The summed E-state index contributed by atoms with van der Waals surface area (Å²) in [5.74, 6) is 0.820. The summed E-state index contributed by atoms with van der Waals surface area (Å²) in [6.45, 7) is 10.2. The number of amides is 1. The fourth-order valence-corrected chi connectivity index (χ4v) is 3.55. The van der Waals surface area contributed by atoms with Gasteiger partial charge in [-0.1, -0.05) is 13.3 Å². The second-order valence-corrected chi connectivity index (χ2v) is 7.45. The van der Waals surface area contributed by atoms with Gasteiger partial charge >= 0.3 is 0 Å². The van der Waals surface area contributed by atoms with Crippen molar-refractivity contribution in [3.63, 3.8) is 0 Å². The summed E-state index contributed by atoms with van der Waals surface area (Å²) in [6.07, 6.45) is 5.27. The highest BCUT2D eigenvalue weighted by atomic mass is 16.5. The van der Waals surface area contributed by atoms with Gasteiger partial charge in [0.05, 0.1) is 6.10 Å². The molecule has 2 saturated heterocycles. The van der Waals surface area contributed by atoms with Crippen molar-refractivity contribution in [2.45, 2.75) is 70.6 Å². The SMILES string of the molecule is CCC1CCCN(C(C)(C)CNC(=O)[C@@H]2CC[C@H](CN)O2)C1. The Bertz CT molecular complexity index is 373. The van der Waals surface area contributed by atoms with E-state index in [-0.39, 0.29) is 23.7 Å². The topological polar surface area (TPSA) is 67.6 Å². The Hall–Kier alpha value is -0.650. The molecule has 2 aliphatic rings. The fourth-order valence-electron chi connectivity index (χ4n) is 3.55. The van der Waals surface area contributed by atoms with Crippen molar-refractivity contribution in [3.8, 4) is 0 Å². The van der Waals surface area contributed by atoms with Crippen LogP contribution in [0.3, 0.4) is 0 Å². The van der Waals surface area contributed by atoms with Crippen LogP contribution in [0.4, 0.5) is 0 Å². The fraction of sp³-hybridized carbons (Fsp3) is 0.941. The number of piperidine rings is 1. The maximum Gasteiger partial charge on any atom is 0.249 e. The van der Waals surface area contributed by atoms with Gasteiger partial charge in [0.1, 0.15) is 6.10 Å². The Morgan fingerprint density at radius 2 is 2.14 bits per heavy atom. The van der Waals surface area contributed by atoms with Crippen LogP contribution in [-0.2, 0) is 9.53 Å². The molecule has 1 unspecified atom stereocenters. The zero-order valence-corrected chi connectivity index (χ0v) is 14.4. The van der Waals surface area contributed by atoms with Crippen LogP contribution in [0.1, 0.15) is 52.9 Å². The molecule has 0 spiro atoms. The molecule has 0 saturated carbocycles. The van der Waals surface area contributed by atoms with Crippen molar-refractivity contribution in [2.75, 3.05) is 26.2 Å². The molecule has 0 radical (unpaired) electrons. The van der Waals surface area contributed by atoms with E-state index in [1.165, 1.54) is 19.3 Å². The molecule has 0 aromatic heterocycles. The van der Waals surface area contributed by atoms with E-state index in [1.807, 2.05) is 0 Å². The quantitative estimate of drug-likeness (QED) is 0.780. The molecule has 0 aromatic carbocycles. The molecule has 0 bridgehead atoms. The molecule has 0 aromatic rings. The van der Waals surface area contributed by atoms with Crippen LogP contribution in [0, 0.1) is 5.92 Å². The molecule has 2 fully saturated rings. The standard InChI is InChI=1S/C17H33N3O2/c1-4-13-6-5-9-20(11-13)17(2,3)12-19-16(21)15-8-7-14(10-18)22-15/h13-15H,4-12,18H2,1-3H3,(H,19,21)/t13?,14-,15+/m1/s1. The lowest BCUT2D eigenvalue weighted by atomic mass is 9.91. The lowest BCUT2D eigenvalue weighted by Crippen LogP contribution is -2.55. The molecular formula is C17H33N3O2. The third-order valence-electron chi connectivity index (χ3n) is 5.31. The number of nitrogens with two attached hydrogens (primary N) is 1. The van der Waals surface area contributed by atoms with E-state index in [0.717, 1.165) is 31.8 Å². The van der Waals surface area contributed by atoms with Gasteiger partial charge in [-0.15, -0.1) is 0 Å². The summed E-state index contributed by atoms with van der Waals surface area (Å²) in [7, 11) is 0. The van der Waals surface area contributed by atoms with Gasteiger partial charge < -0.3 is 15.8 Å². The summed E-state index contributed by atoms with van der Waals surface area (Å²) >= 11 is 0. The average molecular weight is 311 g/mol. The minimum atomic E-state index is -0.311. The van der Waals surface area contributed by atoms with Gasteiger partial charge in [-0.25, -0.2) is 0 Å². The number of ether oxygens (including phenoxy) is 1. The van der Waals surface area contributed by atoms with Crippen molar-refractivity contribution >= 4 is 5.91 Å². The number of hydrogen-bond acceptors (Lipinski definition) is 4. The number of hydrogen-bond donors (Lipinski definition) is 2. The van der Waals surface area contributed by atoms with E-state index in [4.69, 9.17) is 10.5 Å². The molecule has 0 aliphatic carbocycles. The minimum Gasteiger partial charge on any atom is -0.364 e. The Balaban J connectivity index is 1.80. The van der Waals surface area contributed by atoms with Gasteiger partial charge in [-0.2, -0.15) is 0 Å². The number of likely N-dealkylation sites (tertiary alicyclic amines) is 1. The largest absolute Gasteiger partial charge is 0.364 e. The number of rotatable bonds is 6. The first-order chi connectivity index (χ1) is 10.5. The van der Waals surface area contributed by atoms with E-state index < -0.39 is 0 Å². The van der Waals surface area contributed by atoms with Gasteiger partial charge in [0.2, 0.25) is 5.91 Å². The Labute approximate surface area is 134 Å². The van der Waals surface area contributed by atoms with Crippen LogP contribution in [0.15, 0.2) is 0 Å². The molecule has 2 rings (SSSR count). The van der Waals surface area contributed by atoms with E-state index in [2.05, 4.69) is 31.0 Å². The number of nitrogens with one attached hydrogen (secondary N) is 1. The van der Waals surface area contributed by atoms with Crippen molar-refractivity contribution in [2.24, 2.45) is 11.7 Å². The first kappa shape index (κ1) is 17.7. The molecule has 1 amide bonds. The van der Waals surface area contributed by atoms with Crippen molar-refractivity contribution in [1.29, 1.82) is 0 Å². The molecule has 2 aliphatic heterocycles. The highest BCUT2D eigenvalue weighted by Gasteiger charge is 2.34. The summed E-state index contributed by atoms with van der Waals surface area (Å²) < 4.78 is 5.67. The zero-order chi connectivity index (χ0) is 16.2. The number of nitrogens with zero attached hydrogens (tertiary/aromatic N) is 1. The number of carbonyl (C=O) groups excluding carboxylic acids is 1.